The van der Waals surface area contributed by atoms with Gasteiger partial charge >= 0.3 is 0 Å². The Morgan fingerprint density at radius 3 is 2.54 bits per heavy atom. The molecule has 0 radical (unpaired) electrons. The highest BCUT2D eigenvalue weighted by Crippen LogP contribution is 2.33. The number of hydrogen-bond donors (Lipinski definition) is 1. The van der Waals surface area contributed by atoms with Crippen molar-refractivity contribution in [3.63, 3.8) is 0 Å². The monoisotopic (exact) mass is 340 g/mol. The third kappa shape index (κ3) is 2.49. The minimum Gasteiger partial charge on any atom is -0.467 e. The number of rotatable bonds is 3. The lowest BCUT2D eigenvalue weighted by molar-refractivity contribution is 0.0654. The van der Waals surface area contributed by atoms with Crippen molar-refractivity contribution in [1.29, 1.82) is 0 Å². The third-order valence-electron chi connectivity index (χ3n) is 3.79. The van der Waals surface area contributed by atoms with Gasteiger partial charge in [-0.25, -0.2) is 5.01 Å². The number of nitrogens with zero attached hydrogens (tertiary/aromatic N) is 1. The minimum absolute atomic E-state index is 0.250. The maximum Gasteiger partial charge on any atom is 0.274 e. The molecular weight excluding hydrogens is 328 g/mol. The molecule has 24 heavy (non-hydrogen) atoms. The van der Waals surface area contributed by atoms with E-state index in [0.717, 1.165) is 0 Å². The van der Waals surface area contributed by atoms with E-state index in [-0.39, 0.29) is 5.91 Å². The van der Waals surface area contributed by atoms with E-state index in [9.17, 15) is 4.79 Å². The van der Waals surface area contributed by atoms with Crippen molar-refractivity contribution in [1.82, 2.24) is 10.4 Å². The molecule has 120 valence electrons. The number of furan rings is 2. The van der Waals surface area contributed by atoms with Gasteiger partial charge in [-0.1, -0.05) is 23.7 Å². The Morgan fingerprint density at radius 2 is 1.83 bits per heavy atom. The number of nitrogens with one attached hydrogen (secondary N) is 1. The van der Waals surface area contributed by atoms with Gasteiger partial charge in [-0.15, -0.1) is 0 Å². The summed E-state index contributed by atoms with van der Waals surface area (Å²) in [6.45, 7) is 0. The Labute approximate surface area is 143 Å². The molecule has 1 aliphatic heterocycles. The van der Waals surface area contributed by atoms with Gasteiger partial charge in [0.25, 0.3) is 5.91 Å². The predicted molar refractivity (Wildman–Crippen MR) is 88.9 cm³/mol. The van der Waals surface area contributed by atoms with Gasteiger partial charge in [0.15, 0.2) is 5.76 Å². The molecule has 0 unspecified atom stereocenters. The van der Waals surface area contributed by atoms with Crippen molar-refractivity contribution in [3.05, 3.63) is 89.2 Å². The summed E-state index contributed by atoms with van der Waals surface area (Å²) in [4.78, 5) is 13.0. The molecule has 1 aliphatic rings. The topological polar surface area (TPSA) is 58.6 Å². The van der Waals surface area contributed by atoms with E-state index in [1.165, 1.54) is 5.01 Å². The van der Waals surface area contributed by atoms with Crippen molar-refractivity contribution >= 4 is 23.2 Å². The number of hydrogen-bond acceptors (Lipinski definition) is 4. The van der Waals surface area contributed by atoms with E-state index in [4.69, 9.17) is 20.4 Å². The second-order valence-electron chi connectivity index (χ2n) is 5.28. The van der Waals surface area contributed by atoms with Crippen LogP contribution in [0.2, 0.25) is 5.02 Å². The second-order valence-corrected chi connectivity index (χ2v) is 5.69. The van der Waals surface area contributed by atoms with Gasteiger partial charge in [0.1, 0.15) is 11.8 Å². The summed E-state index contributed by atoms with van der Waals surface area (Å²) < 4.78 is 10.9. The predicted octanol–water partition coefficient (Wildman–Crippen LogP) is 4.27. The molecule has 1 aromatic carbocycles. The van der Waals surface area contributed by atoms with E-state index in [2.05, 4.69) is 5.43 Å². The van der Waals surface area contributed by atoms with E-state index >= 15 is 0 Å². The summed E-state index contributed by atoms with van der Waals surface area (Å²) in [7, 11) is 0. The number of hydrazine groups is 1. The lowest BCUT2D eigenvalue weighted by atomic mass is 10.1. The molecule has 1 N–H and O–H groups in total. The molecule has 5 nitrogen and oxygen atoms in total. The summed E-state index contributed by atoms with van der Waals surface area (Å²) in [6, 6.07) is 13.8. The first-order chi connectivity index (χ1) is 11.7. The van der Waals surface area contributed by atoms with Crippen molar-refractivity contribution in [2.24, 2.45) is 0 Å². The van der Waals surface area contributed by atoms with Gasteiger partial charge in [0.05, 0.1) is 28.8 Å². The Hall–Kier alpha value is -2.92. The van der Waals surface area contributed by atoms with Gasteiger partial charge in [-0.2, -0.15) is 0 Å². The van der Waals surface area contributed by atoms with Crippen LogP contribution in [0.4, 0.5) is 0 Å². The van der Waals surface area contributed by atoms with Crippen molar-refractivity contribution in [2.45, 2.75) is 6.04 Å². The molecule has 4 rings (SSSR count). The van der Waals surface area contributed by atoms with Crippen LogP contribution in [0.15, 0.2) is 76.0 Å². The third-order valence-corrected chi connectivity index (χ3v) is 4.12. The van der Waals surface area contributed by atoms with E-state index in [1.54, 1.807) is 48.9 Å². The maximum atomic E-state index is 13.0. The molecule has 0 saturated carbocycles. The van der Waals surface area contributed by atoms with Gasteiger partial charge in [0.2, 0.25) is 0 Å². The number of halogens is 1. The molecule has 0 bridgehead atoms. The van der Waals surface area contributed by atoms with Crippen molar-refractivity contribution in [2.75, 3.05) is 0 Å². The van der Waals surface area contributed by atoms with Crippen molar-refractivity contribution < 1.29 is 13.6 Å². The molecule has 3 heterocycles. The molecule has 0 fully saturated rings. The van der Waals surface area contributed by atoms with Crippen LogP contribution in [0.25, 0.3) is 5.70 Å². The standard InChI is InChI=1S/C18H13ClN2O3/c19-13-6-2-1-5-12(13)18(22)21-15(17-8-4-10-24-17)11-14(20-21)16-7-3-9-23-16/h1-11,15,20H/t15-/m1/s1. The molecule has 3 aromatic rings. The summed E-state index contributed by atoms with van der Waals surface area (Å²) in [5, 5.41) is 1.88. The zero-order valence-corrected chi connectivity index (χ0v) is 13.2. The Morgan fingerprint density at radius 1 is 1.04 bits per heavy atom. The molecular formula is C18H13ClN2O3. The Kier molecular flexibility index (Phi) is 3.63. The highest BCUT2D eigenvalue weighted by molar-refractivity contribution is 6.33. The first-order valence-electron chi connectivity index (χ1n) is 7.38. The van der Waals surface area contributed by atoms with Crippen LogP contribution in [0.3, 0.4) is 0 Å². The normalized spacial score (nSPS) is 16.8. The van der Waals surface area contributed by atoms with Crippen LogP contribution in [-0.2, 0) is 0 Å². The minimum atomic E-state index is -0.399. The van der Waals surface area contributed by atoms with Crippen LogP contribution >= 0.6 is 11.6 Å². The number of benzene rings is 1. The van der Waals surface area contributed by atoms with E-state index < -0.39 is 6.04 Å². The number of carbonyl (C=O) groups is 1. The lowest BCUT2D eigenvalue weighted by Crippen LogP contribution is -2.39. The first-order valence-corrected chi connectivity index (χ1v) is 7.75. The number of amides is 1. The maximum absolute atomic E-state index is 13.0. The van der Waals surface area contributed by atoms with E-state index in [0.29, 0.717) is 27.8 Å². The second kappa shape index (κ2) is 5.94. The summed E-state index contributed by atoms with van der Waals surface area (Å²) in [5.74, 6) is 1.03. The molecule has 1 atom stereocenters. The van der Waals surface area contributed by atoms with Crippen molar-refractivity contribution in [3.8, 4) is 0 Å². The quantitative estimate of drug-likeness (QED) is 0.773. The van der Waals surface area contributed by atoms with Crippen LogP contribution in [0.5, 0.6) is 0 Å². The zero-order chi connectivity index (χ0) is 16.5. The fraction of sp³-hybridized carbons (Fsp3) is 0.0556. The SMILES string of the molecule is O=C(c1ccccc1Cl)N1NC(c2ccco2)=C[C@@H]1c1ccco1. The first kappa shape index (κ1) is 14.7. The summed E-state index contributed by atoms with van der Waals surface area (Å²) >= 11 is 6.17. The smallest absolute Gasteiger partial charge is 0.274 e. The highest BCUT2D eigenvalue weighted by Gasteiger charge is 2.34. The van der Waals surface area contributed by atoms with Gasteiger partial charge in [-0.3, -0.25) is 10.2 Å². The van der Waals surface area contributed by atoms with Gasteiger partial charge < -0.3 is 8.83 Å². The Balaban J connectivity index is 1.72. The number of carbonyl (C=O) groups excluding carboxylic acids is 1. The van der Waals surface area contributed by atoms with Crippen LogP contribution < -0.4 is 5.43 Å². The van der Waals surface area contributed by atoms with Gasteiger partial charge in [0, 0.05) is 0 Å². The fourth-order valence-corrected chi connectivity index (χ4v) is 2.87. The summed E-state index contributed by atoms with van der Waals surface area (Å²) in [5.41, 5.74) is 4.20. The van der Waals surface area contributed by atoms with Crippen LogP contribution in [0.1, 0.15) is 27.9 Å². The van der Waals surface area contributed by atoms with Gasteiger partial charge in [-0.05, 0) is 42.5 Å². The summed E-state index contributed by atoms with van der Waals surface area (Å²) in [6.07, 6.45) is 5.04. The molecule has 0 saturated heterocycles. The highest BCUT2D eigenvalue weighted by atomic mass is 35.5. The molecule has 6 heteroatoms. The average Bonchev–Trinajstić information content (AvgIpc) is 3.33. The molecule has 2 aromatic heterocycles. The Bertz CT molecular complexity index is 885. The van der Waals surface area contributed by atoms with E-state index in [1.807, 2.05) is 18.2 Å². The largest absolute Gasteiger partial charge is 0.467 e. The molecule has 1 amide bonds. The average molecular weight is 341 g/mol. The van der Waals surface area contributed by atoms with Crippen LogP contribution in [-0.4, -0.2) is 10.9 Å². The molecule has 0 spiro atoms. The molecule has 0 aliphatic carbocycles. The van der Waals surface area contributed by atoms with Crippen LogP contribution in [0, 0.1) is 0 Å². The zero-order valence-electron chi connectivity index (χ0n) is 12.5. The lowest BCUT2D eigenvalue weighted by Gasteiger charge is -2.24. The fourth-order valence-electron chi connectivity index (χ4n) is 2.65.